The lowest BCUT2D eigenvalue weighted by Crippen LogP contribution is -2.45. The maximum Gasteiger partial charge on any atom is 0.314 e. The first-order chi connectivity index (χ1) is 16.3. The predicted octanol–water partition coefficient (Wildman–Crippen LogP) is 4.70. The third kappa shape index (κ3) is 5.68. The fourth-order valence-corrected chi connectivity index (χ4v) is 5.05. The molecule has 0 aromatic heterocycles. The molecule has 6 heteroatoms. The maximum absolute atomic E-state index is 12.7. The van der Waals surface area contributed by atoms with Gasteiger partial charge in [0.15, 0.2) is 5.75 Å². The van der Waals surface area contributed by atoms with E-state index in [2.05, 4.69) is 10.6 Å². The Morgan fingerprint density at radius 1 is 1.12 bits per heavy atom. The highest BCUT2D eigenvalue weighted by atomic mass is 16.5. The number of benzene rings is 2. The minimum atomic E-state index is -0.636. The van der Waals surface area contributed by atoms with Gasteiger partial charge in [-0.15, -0.1) is 0 Å². The summed E-state index contributed by atoms with van der Waals surface area (Å²) in [4.78, 5) is 24.9. The highest BCUT2D eigenvalue weighted by Crippen LogP contribution is 2.37. The third-order valence-electron chi connectivity index (χ3n) is 7.16. The monoisotopic (exact) mass is 464 g/mol. The summed E-state index contributed by atoms with van der Waals surface area (Å²) in [6.07, 6.45) is 6.21. The van der Waals surface area contributed by atoms with Gasteiger partial charge in [-0.1, -0.05) is 55.7 Å². The van der Waals surface area contributed by atoms with Gasteiger partial charge in [-0.2, -0.15) is 0 Å². The molecule has 1 heterocycles. The van der Waals surface area contributed by atoms with Gasteiger partial charge in [0.05, 0.1) is 17.7 Å². The summed E-state index contributed by atoms with van der Waals surface area (Å²) < 4.78 is 5.79. The number of esters is 1. The number of anilines is 1. The Bertz CT molecular complexity index is 1010. The summed E-state index contributed by atoms with van der Waals surface area (Å²) in [5.41, 5.74) is 3.16. The van der Waals surface area contributed by atoms with Crippen LogP contribution in [-0.2, 0) is 22.4 Å². The molecule has 1 saturated carbocycles. The van der Waals surface area contributed by atoms with Gasteiger partial charge in [-0.25, -0.2) is 0 Å². The summed E-state index contributed by atoms with van der Waals surface area (Å²) in [6.45, 7) is 4.65. The second-order valence-electron chi connectivity index (χ2n) is 10.1. The quantitative estimate of drug-likeness (QED) is 0.389. The number of hydrogen-bond donors (Lipinski definition) is 3. The SMILES string of the molecule is CC(C)(NCCc1ccc(OC(=O)C2CCCCC2)c2c1CCC(=O)N2)C(O)c1ccccc1. The number of carbonyl (C=O) groups is 2. The molecule has 2 aliphatic rings. The Hall–Kier alpha value is -2.70. The van der Waals surface area contributed by atoms with Crippen LogP contribution in [0.15, 0.2) is 42.5 Å². The molecule has 1 amide bonds. The molecular formula is C28H36N2O4. The zero-order valence-electron chi connectivity index (χ0n) is 20.2. The van der Waals surface area contributed by atoms with E-state index in [1.54, 1.807) is 0 Å². The van der Waals surface area contributed by atoms with Gasteiger partial charge in [-0.3, -0.25) is 9.59 Å². The van der Waals surface area contributed by atoms with Crippen LogP contribution in [0, 0.1) is 5.92 Å². The van der Waals surface area contributed by atoms with Crippen molar-refractivity contribution in [1.29, 1.82) is 0 Å². The largest absolute Gasteiger partial charge is 0.424 e. The predicted molar refractivity (Wildman–Crippen MR) is 133 cm³/mol. The van der Waals surface area contributed by atoms with Crippen molar-refractivity contribution >= 4 is 17.6 Å². The zero-order valence-corrected chi connectivity index (χ0v) is 20.2. The van der Waals surface area contributed by atoms with Crippen molar-refractivity contribution in [2.24, 2.45) is 5.92 Å². The number of aliphatic hydroxyl groups is 1. The van der Waals surface area contributed by atoms with Gasteiger partial charge < -0.3 is 20.5 Å². The van der Waals surface area contributed by atoms with E-state index < -0.39 is 11.6 Å². The first-order valence-corrected chi connectivity index (χ1v) is 12.5. The zero-order chi connectivity index (χ0) is 24.1. The van der Waals surface area contributed by atoms with Crippen LogP contribution in [0.1, 0.15) is 75.2 Å². The van der Waals surface area contributed by atoms with Crippen molar-refractivity contribution in [1.82, 2.24) is 5.32 Å². The van der Waals surface area contributed by atoms with Gasteiger partial charge in [-0.05, 0) is 68.8 Å². The lowest BCUT2D eigenvalue weighted by atomic mass is 9.89. The molecule has 1 fully saturated rings. The van der Waals surface area contributed by atoms with Crippen molar-refractivity contribution in [3.63, 3.8) is 0 Å². The Kier molecular flexibility index (Phi) is 7.69. The molecular weight excluding hydrogens is 428 g/mol. The molecule has 0 bridgehead atoms. The molecule has 1 unspecified atom stereocenters. The van der Waals surface area contributed by atoms with Crippen LogP contribution < -0.4 is 15.4 Å². The first kappa shape index (κ1) is 24.4. The van der Waals surface area contributed by atoms with Crippen molar-refractivity contribution in [2.75, 3.05) is 11.9 Å². The molecule has 0 radical (unpaired) electrons. The minimum Gasteiger partial charge on any atom is -0.424 e. The number of rotatable bonds is 8. The molecule has 4 rings (SSSR count). The minimum absolute atomic E-state index is 0.0501. The summed E-state index contributed by atoms with van der Waals surface area (Å²) >= 11 is 0. The fraction of sp³-hybridized carbons (Fsp3) is 0.500. The van der Waals surface area contributed by atoms with Gasteiger partial charge in [0.1, 0.15) is 0 Å². The van der Waals surface area contributed by atoms with Crippen molar-refractivity contribution < 1.29 is 19.4 Å². The van der Waals surface area contributed by atoms with Crippen LogP contribution in [-0.4, -0.2) is 29.1 Å². The topological polar surface area (TPSA) is 87.7 Å². The summed E-state index contributed by atoms with van der Waals surface area (Å²) in [5.74, 6) is 0.165. The third-order valence-corrected chi connectivity index (χ3v) is 7.16. The number of fused-ring (bicyclic) bond motifs is 1. The average Bonchev–Trinajstić information content (AvgIpc) is 2.85. The van der Waals surface area contributed by atoms with E-state index in [1.165, 1.54) is 6.42 Å². The van der Waals surface area contributed by atoms with E-state index in [9.17, 15) is 14.7 Å². The van der Waals surface area contributed by atoms with E-state index in [4.69, 9.17) is 4.74 Å². The van der Waals surface area contributed by atoms with Crippen LogP contribution in [0.25, 0.3) is 0 Å². The van der Waals surface area contributed by atoms with E-state index >= 15 is 0 Å². The van der Waals surface area contributed by atoms with Crippen LogP contribution in [0.3, 0.4) is 0 Å². The summed E-state index contributed by atoms with van der Waals surface area (Å²) in [6, 6.07) is 13.5. The van der Waals surface area contributed by atoms with E-state index in [1.807, 2.05) is 56.3 Å². The number of hydrogen-bond acceptors (Lipinski definition) is 5. The van der Waals surface area contributed by atoms with Crippen LogP contribution >= 0.6 is 0 Å². The Morgan fingerprint density at radius 2 is 1.85 bits per heavy atom. The molecule has 0 saturated heterocycles. The maximum atomic E-state index is 12.7. The van der Waals surface area contributed by atoms with Crippen LogP contribution in [0.4, 0.5) is 5.69 Å². The van der Waals surface area contributed by atoms with E-state index in [0.717, 1.165) is 48.8 Å². The molecule has 1 atom stereocenters. The van der Waals surface area contributed by atoms with Crippen LogP contribution in [0.2, 0.25) is 0 Å². The van der Waals surface area contributed by atoms with E-state index in [-0.39, 0.29) is 17.8 Å². The Labute approximate surface area is 202 Å². The summed E-state index contributed by atoms with van der Waals surface area (Å²) in [7, 11) is 0. The number of amides is 1. The lowest BCUT2D eigenvalue weighted by molar-refractivity contribution is -0.140. The number of aliphatic hydroxyl groups excluding tert-OH is 1. The van der Waals surface area contributed by atoms with Gasteiger partial charge in [0, 0.05) is 12.0 Å². The fourth-order valence-electron chi connectivity index (χ4n) is 5.05. The van der Waals surface area contributed by atoms with Gasteiger partial charge in [0.2, 0.25) is 5.91 Å². The van der Waals surface area contributed by atoms with Gasteiger partial charge >= 0.3 is 5.97 Å². The smallest absolute Gasteiger partial charge is 0.314 e. The van der Waals surface area contributed by atoms with Crippen molar-refractivity contribution in [3.8, 4) is 5.75 Å². The molecule has 0 spiro atoms. The molecule has 34 heavy (non-hydrogen) atoms. The molecule has 2 aromatic rings. The highest BCUT2D eigenvalue weighted by Gasteiger charge is 2.29. The van der Waals surface area contributed by atoms with Crippen molar-refractivity contribution in [2.45, 2.75) is 76.9 Å². The highest BCUT2D eigenvalue weighted by molar-refractivity contribution is 5.96. The molecule has 182 valence electrons. The van der Waals surface area contributed by atoms with Gasteiger partial charge in [0.25, 0.3) is 0 Å². The number of nitrogens with one attached hydrogen (secondary N) is 2. The average molecular weight is 465 g/mol. The number of carbonyl (C=O) groups excluding carboxylic acids is 2. The second kappa shape index (κ2) is 10.7. The molecule has 3 N–H and O–H groups in total. The first-order valence-electron chi connectivity index (χ1n) is 12.5. The normalized spacial score (nSPS) is 17.6. The van der Waals surface area contributed by atoms with Crippen molar-refractivity contribution in [3.05, 3.63) is 59.2 Å². The van der Waals surface area contributed by atoms with E-state index in [0.29, 0.717) is 30.8 Å². The molecule has 2 aromatic carbocycles. The number of ether oxygens (including phenoxy) is 1. The second-order valence-corrected chi connectivity index (χ2v) is 10.1. The molecule has 1 aliphatic heterocycles. The van der Waals surface area contributed by atoms with Crippen LogP contribution in [0.5, 0.6) is 5.75 Å². The summed E-state index contributed by atoms with van der Waals surface area (Å²) in [5, 5.41) is 17.3. The molecule has 1 aliphatic carbocycles. The molecule has 6 nitrogen and oxygen atoms in total. The lowest BCUT2D eigenvalue weighted by Gasteiger charge is -2.32. The standard InChI is InChI=1S/C28H36N2O4/c1-28(2,26(32)20-9-5-3-6-10-20)29-18-17-19-13-15-23(25-22(19)14-16-24(31)30-25)34-27(33)21-11-7-4-8-12-21/h3,5-6,9-10,13,15,21,26,29,32H,4,7-8,11-12,14,16-18H2,1-2H3,(H,30,31). The Morgan fingerprint density at radius 3 is 2.59 bits per heavy atom. The Balaban J connectivity index is 1.44.